The quantitative estimate of drug-likeness (QED) is 0.768. The Morgan fingerprint density at radius 3 is 2.81 bits per heavy atom. The molecule has 2 aromatic rings. The van der Waals surface area contributed by atoms with E-state index in [-0.39, 0.29) is 9.90 Å². The number of anilines is 1. The number of sulfonamides is 1. The molecule has 2 N–H and O–H groups in total. The van der Waals surface area contributed by atoms with E-state index in [0.717, 1.165) is 35.9 Å². The minimum Gasteiger partial charge on any atom is -0.313 e. The van der Waals surface area contributed by atoms with Crippen LogP contribution in [0.1, 0.15) is 18.9 Å². The predicted molar refractivity (Wildman–Crippen MR) is 83.5 cm³/mol. The maximum absolute atomic E-state index is 13.1. The van der Waals surface area contributed by atoms with Crippen LogP contribution in [-0.4, -0.2) is 15.0 Å². The summed E-state index contributed by atoms with van der Waals surface area (Å²) >= 11 is 1.15. The van der Waals surface area contributed by atoms with Gasteiger partial charge in [-0.25, -0.2) is 12.8 Å². The Morgan fingerprint density at radius 2 is 2.10 bits per heavy atom. The average molecular weight is 328 g/mol. The molecule has 0 saturated carbocycles. The second-order valence-corrected chi connectivity index (χ2v) is 7.39. The smallest absolute Gasteiger partial charge is 0.271 e. The Kier molecular flexibility index (Phi) is 5.33. The van der Waals surface area contributed by atoms with Crippen LogP contribution in [-0.2, 0) is 16.6 Å². The van der Waals surface area contributed by atoms with Crippen LogP contribution < -0.4 is 10.0 Å². The van der Waals surface area contributed by atoms with Gasteiger partial charge >= 0.3 is 0 Å². The van der Waals surface area contributed by atoms with Crippen LogP contribution in [0.15, 0.2) is 39.9 Å². The van der Waals surface area contributed by atoms with Crippen molar-refractivity contribution in [2.45, 2.75) is 24.1 Å². The first-order chi connectivity index (χ1) is 10.0. The van der Waals surface area contributed by atoms with Crippen LogP contribution >= 0.6 is 11.3 Å². The van der Waals surface area contributed by atoms with Gasteiger partial charge < -0.3 is 5.32 Å². The van der Waals surface area contributed by atoms with E-state index in [1.807, 2.05) is 5.38 Å². The van der Waals surface area contributed by atoms with Crippen LogP contribution in [0, 0.1) is 5.82 Å². The van der Waals surface area contributed by atoms with Gasteiger partial charge in [0.2, 0.25) is 0 Å². The van der Waals surface area contributed by atoms with Crippen molar-refractivity contribution in [3.05, 3.63) is 47.1 Å². The van der Waals surface area contributed by atoms with Crippen LogP contribution in [0.5, 0.6) is 0 Å². The van der Waals surface area contributed by atoms with Crippen molar-refractivity contribution in [3.63, 3.8) is 0 Å². The van der Waals surface area contributed by atoms with Gasteiger partial charge in [-0.2, -0.15) is 0 Å². The summed E-state index contributed by atoms with van der Waals surface area (Å²) in [6.45, 7) is 3.60. The van der Waals surface area contributed by atoms with Crippen molar-refractivity contribution in [2.24, 2.45) is 0 Å². The number of benzene rings is 1. The molecule has 0 atom stereocenters. The SMILES string of the molecule is CCCNCc1csc(S(=O)(=O)Nc2cccc(F)c2)c1. The summed E-state index contributed by atoms with van der Waals surface area (Å²) in [6.07, 6.45) is 1.02. The first kappa shape index (κ1) is 15.9. The van der Waals surface area contributed by atoms with E-state index < -0.39 is 15.8 Å². The van der Waals surface area contributed by atoms with E-state index in [4.69, 9.17) is 0 Å². The molecule has 7 heteroatoms. The fourth-order valence-corrected chi connectivity index (χ4v) is 4.01. The zero-order valence-corrected chi connectivity index (χ0v) is 13.2. The third-order valence-electron chi connectivity index (χ3n) is 2.73. The molecule has 4 nitrogen and oxygen atoms in total. The van der Waals surface area contributed by atoms with Crippen LogP contribution in [0.3, 0.4) is 0 Å². The lowest BCUT2D eigenvalue weighted by atomic mass is 10.3. The summed E-state index contributed by atoms with van der Waals surface area (Å²) in [5, 5.41) is 5.02. The number of hydrogen-bond acceptors (Lipinski definition) is 4. The Morgan fingerprint density at radius 1 is 1.29 bits per heavy atom. The molecule has 1 heterocycles. The lowest BCUT2D eigenvalue weighted by Crippen LogP contribution is -2.13. The van der Waals surface area contributed by atoms with Crippen LogP contribution in [0.2, 0.25) is 0 Å². The Balaban J connectivity index is 2.09. The minimum atomic E-state index is -3.67. The molecule has 0 aliphatic carbocycles. The first-order valence-corrected chi connectivity index (χ1v) is 8.94. The molecule has 0 saturated heterocycles. The second-order valence-electron chi connectivity index (χ2n) is 4.57. The van der Waals surface area contributed by atoms with E-state index >= 15 is 0 Å². The largest absolute Gasteiger partial charge is 0.313 e. The van der Waals surface area contributed by atoms with E-state index in [9.17, 15) is 12.8 Å². The normalized spacial score (nSPS) is 11.5. The van der Waals surface area contributed by atoms with Gasteiger partial charge in [0, 0.05) is 6.54 Å². The molecule has 0 spiro atoms. The van der Waals surface area contributed by atoms with Crippen LogP contribution in [0.4, 0.5) is 10.1 Å². The van der Waals surface area contributed by atoms with Gasteiger partial charge in [0.05, 0.1) is 5.69 Å². The standard InChI is InChI=1S/C14H17FN2O2S2/c1-2-6-16-9-11-7-14(20-10-11)21(18,19)17-13-5-3-4-12(15)8-13/h3-5,7-8,10,16-17H,2,6,9H2,1H3. The summed E-state index contributed by atoms with van der Waals surface area (Å²) in [5.41, 5.74) is 1.14. The van der Waals surface area contributed by atoms with Crippen molar-refractivity contribution in [1.29, 1.82) is 0 Å². The second kappa shape index (κ2) is 7.02. The molecule has 0 amide bonds. The summed E-state index contributed by atoms with van der Waals surface area (Å²) in [5.74, 6) is -0.481. The highest BCUT2D eigenvalue weighted by Crippen LogP contribution is 2.23. The zero-order chi connectivity index (χ0) is 15.3. The molecular weight excluding hydrogens is 311 g/mol. The Hall–Kier alpha value is -1.44. The Bertz CT molecular complexity index is 699. The number of rotatable bonds is 7. The molecule has 0 unspecified atom stereocenters. The molecule has 0 bridgehead atoms. The average Bonchev–Trinajstić information content (AvgIpc) is 2.88. The summed E-state index contributed by atoms with van der Waals surface area (Å²) in [7, 11) is -3.67. The van der Waals surface area contributed by atoms with Gasteiger partial charge in [0.25, 0.3) is 10.0 Å². The summed E-state index contributed by atoms with van der Waals surface area (Å²) in [6, 6.07) is 7.02. The van der Waals surface area contributed by atoms with Gasteiger partial charge in [-0.05, 0) is 48.2 Å². The maximum Gasteiger partial charge on any atom is 0.271 e. The first-order valence-electron chi connectivity index (χ1n) is 6.58. The van der Waals surface area contributed by atoms with Crippen LogP contribution in [0.25, 0.3) is 0 Å². The molecule has 0 radical (unpaired) electrons. The molecule has 2 rings (SSSR count). The van der Waals surface area contributed by atoms with Gasteiger partial charge in [-0.3, -0.25) is 4.72 Å². The lowest BCUT2D eigenvalue weighted by molar-refractivity contribution is 0.602. The third kappa shape index (κ3) is 4.52. The van der Waals surface area contributed by atoms with Gasteiger partial charge in [0.15, 0.2) is 0 Å². The third-order valence-corrected chi connectivity index (χ3v) is 5.60. The van der Waals surface area contributed by atoms with Gasteiger partial charge in [0.1, 0.15) is 10.0 Å². The van der Waals surface area contributed by atoms with Crippen molar-refractivity contribution in [2.75, 3.05) is 11.3 Å². The molecule has 1 aromatic heterocycles. The summed E-state index contributed by atoms with van der Waals surface area (Å²) < 4.78 is 40.1. The van der Waals surface area contributed by atoms with Crippen molar-refractivity contribution < 1.29 is 12.8 Å². The lowest BCUT2D eigenvalue weighted by Gasteiger charge is -2.05. The van der Waals surface area contributed by atoms with E-state index in [2.05, 4.69) is 17.0 Å². The number of hydrogen-bond donors (Lipinski definition) is 2. The summed E-state index contributed by atoms with van der Waals surface area (Å²) in [4.78, 5) is 0. The molecule has 0 fully saturated rings. The maximum atomic E-state index is 13.1. The number of halogens is 1. The highest BCUT2D eigenvalue weighted by atomic mass is 32.2. The van der Waals surface area contributed by atoms with Crippen molar-refractivity contribution in [1.82, 2.24) is 5.32 Å². The highest BCUT2D eigenvalue weighted by Gasteiger charge is 2.17. The highest BCUT2D eigenvalue weighted by molar-refractivity contribution is 7.94. The van der Waals surface area contributed by atoms with Crippen molar-refractivity contribution >= 4 is 27.0 Å². The fraction of sp³-hybridized carbons (Fsp3) is 0.286. The molecule has 114 valence electrons. The fourth-order valence-electron chi connectivity index (χ4n) is 1.75. The number of nitrogens with one attached hydrogen (secondary N) is 2. The van der Waals surface area contributed by atoms with E-state index in [1.165, 1.54) is 18.2 Å². The molecular formula is C14H17FN2O2S2. The Labute approximate surface area is 128 Å². The minimum absolute atomic E-state index is 0.217. The number of thiophene rings is 1. The predicted octanol–water partition coefficient (Wildman–Crippen LogP) is 3.19. The zero-order valence-electron chi connectivity index (χ0n) is 11.6. The molecule has 0 aliphatic rings. The monoisotopic (exact) mass is 328 g/mol. The van der Waals surface area contributed by atoms with E-state index in [0.29, 0.717) is 6.54 Å². The van der Waals surface area contributed by atoms with E-state index in [1.54, 1.807) is 6.07 Å². The molecule has 21 heavy (non-hydrogen) atoms. The molecule has 0 aliphatic heterocycles. The topological polar surface area (TPSA) is 58.2 Å². The molecule has 1 aromatic carbocycles. The van der Waals surface area contributed by atoms with Gasteiger partial charge in [-0.1, -0.05) is 13.0 Å². The van der Waals surface area contributed by atoms with Gasteiger partial charge in [-0.15, -0.1) is 11.3 Å². The van der Waals surface area contributed by atoms with Crippen molar-refractivity contribution in [3.8, 4) is 0 Å².